The largest absolute Gasteiger partial charge is 0.508 e. The summed E-state index contributed by atoms with van der Waals surface area (Å²) in [5.74, 6) is 0.521. The third kappa shape index (κ3) is 3.43. The zero-order valence-electron chi connectivity index (χ0n) is 20.8. The van der Waals surface area contributed by atoms with E-state index in [4.69, 9.17) is 0 Å². The number of hydrogen-bond donors (Lipinski definition) is 3. The van der Waals surface area contributed by atoms with E-state index in [1.54, 1.807) is 12.1 Å². The fourth-order valence-corrected chi connectivity index (χ4v) is 5.75. The number of aromatic nitrogens is 1. The molecule has 36 heavy (non-hydrogen) atoms. The third-order valence-corrected chi connectivity index (χ3v) is 7.44. The number of nitrogens with one attached hydrogen (secondary N) is 1. The number of aryl methyl sites for hydroxylation is 3. The van der Waals surface area contributed by atoms with Crippen LogP contribution >= 0.6 is 0 Å². The van der Waals surface area contributed by atoms with Crippen LogP contribution in [-0.4, -0.2) is 15.2 Å². The van der Waals surface area contributed by atoms with Crippen molar-refractivity contribution < 1.29 is 10.2 Å². The minimum Gasteiger partial charge on any atom is -0.508 e. The monoisotopic (exact) mass is 471 g/mol. The fraction of sp³-hybridized carbons (Fsp3) is 0.152. The summed E-state index contributed by atoms with van der Waals surface area (Å²) in [4.78, 5) is 3.79. The average molecular weight is 472 g/mol. The highest BCUT2D eigenvalue weighted by Crippen LogP contribution is 2.50. The number of rotatable bonds is 3. The molecule has 0 unspecified atom stereocenters. The summed E-state index contributed by atoms with van der Waals surface area (Å²) in [7, 11) is 0. The maximum absolute atomic E-state index is 11.1. The van der Waals surface area contributed by atoms with E-state index >= 15 is 0 Å². The van der Waals surface area contributed by atoms with E-state index in [9.17, 15) is 10.2 Å². The normalized spacial score (nSPS) is 12.8. The van der Waals surface area contributed by atoms with Gasteiger partial charge in [0, 0.05) is 27.8 Å². The Hall–Kier alpha value is -4.24. The molecule has 3 N–H and O–H groups in total. The number of aromatic hydroxyl groups is 2. The number of phenolic OH excluding ortho intramolecular Hbond substituents is 2. The molecular formula is C33H29NO2. The number of allylic oxidation sites excluding steroid dienone is 1. The van der Waals surface area contributed by atoms with Crippen molar-refractivity contribution in [1.29, 1.82) is 0 Å². The van der Waals surface area contributed by atoms with Crippen LogP contribution in [0.2, 0.25) is 0 Å². The van der Waals surface area contributed by atoms with Gasteiger partial charge >= 0.3 is 0 Å². The van der Waals surface area contributed by atoms with E-state index in [-0.39, 0.29) is 11.5 Å². The summed E-state index contributed by atoms with van der Waals surface area (Å²) in [6.07, 6.45) is 6.40. The highest BCUT2D eigenvalue weighted by atomic mass is 16.3. The first kappa shape index (κ1) is 22.2. The van der Waals surface area contributed by atoms with Gasteiger partial charge in [0.1, 0.15) is 11.5 Å². The number of benzene rings is 4. The van der Waals surface area contributed by atoms with Gasteiger partial charge in [0.15, 0.2) is 0 Å². The summed E-state index contributed by atoms with van der Waals surface area (Å²) in [5, 5.41) is 22.7. The van der Waals surface area contributed by atoms with Gasteiger partial charge in [0.25, 0.3) is 0 Å². The number of aromatic amines is 1. The number of phenols is 2. The fourth-order valence-electron chi connectivity index (χ4n) is 5.75. The van der Waals surface area contributed by atoms with Crippen LogP contribution in [0, 0.1) is 20.8 Å². The van der Waals surface area contributed by atoms with Crippen molar-refractivity contribution in [2.75, 3.05) is 0 Å². The molecule has 0 spiro atoms. The molecule has 0 fully saturated rings. The zero-order chi connectivity index (χ0) is 25.0. The predicted octanol–water partition coefficient (Wildman–Crippen LogP) is 8.46. The summed E-state index contributed by atoms with van der Waals surface area (Å²) in [6.45, 7) is 6.32. The molecule has 4 aromatic carbocycles. The van der Waals surface area contributed by atoms with Gasteiger partial charge in [-0.2, -0.15) is 0 Å². The summed E-state index contributed by atoms with van der Waals surface area (Å²) in [6, 6.07) is 21.8. The first-order valence-corrected chi connectivity index (χ1v) is 12.5. The lowest BCUT2D eigenvalue weighted by Gasteiger charge is -2.22. The van der Waals surface area contributed by atoms with Gasteiger partial charge in [-0.25, -0.2) is 0 Å². The Balaban J connectivity index is 1.88. The van der Waals surface area contributed by atoms with Gasteiger partial charge in [-0.3, -0.25) is 0 Å². The highest BCUT2D eigenvalue weighted by Gasteiger charge is 2.27. The van der Waals surface area contributed by atoms with Crippen LogP contribution in [0.3, 0.4) is 0 Å². The number of hydrogen-bond acceptors (Lipinski definition) is 2. The molecule has 0 aliphatic heterocycles. The quantitative estimate of drug-likeness (QED) is 0.247. The minimum atomic E-state index is 0.254. The smallest absolute Gasteiger partial charge is 0.123 e. The summed E-state index contributed by atoms with van der Waals surface area (Å²) >= 11 is 0. The Morgan fingerprint density at radius 2 is 1.58 bits per heavy atom. The van der Waals surface area contributed by atoms with Crippen molar-refractivity contribution in [3.63, 3.8) is 0 Å². The number of fused-ring (bicyclic) bond motifs is 3. The van der Waals surface area contributed by atoms with Gasteiger partial charge in [0.05, 0.1) is 5.52 Å². The molecule has 1 aliphatic carbocycles. The molecular weight excluding hydrogens is 442 g/mol. The molecule has 1 aromatic heterocycles. The summed E-state index contributed by atoms with van der Waals surface area (Å²) in [5.41, 5.74) is 12.9. The van der Waals surface area contributed by atoms with Crippen LogP contribution in [0.25, 0.3) is 50.4 Å². The molecule has 0 radical (unpaired) electrons. The van der Waals surface area contributed by atoms with Crippen LogP contribution < -0.4 is 0 Å². The van der Waals surface area contributed by atoms with E-state index in [2.05, 4.69) is 68.2 Å². The standard InChI is InChI=1S/C33H29NO2/c1-19-13-16-28(36)26(17-19)32-29(22-9-5-4-6-10-22)21(3)30(25-18-23(35)15-14-20(25)2)31-24-11-7-8-12-27(24)34-33(31)32/h4-7,9-11,13-18,34-36H,8,12H2,1-3H3. The third-order valence-electron chi connectivity index (χ3n) is 7.44. The Kier molecular flexibility index (Phi) is 5.22. The Morgan fingerprint density at radius 1 is 0.778 bits per heavy atom. The molecule has 0 saturated carbocycles. The van der Waals surface area contributed by atoms with Crippen molar-refractivity contribution >= 4 is 17.0 Å². The molecule has 0 amide bonds. The molecule has 3 heteroatoms. The molecule has 6 rings (SSSR count). The molecule has 0 bridgehead atoms. The van der Waals surface area contributed by atoms with Crippen LogP contribution in [0.5, 0.6) is 11.5 Å². The predicted molar refractivity (Wildman–Crippen MR) is 150 cm³/mol. The number of H-pyrrole nitrogens is 1. The first-order valence-electron chi connectivity index (χ1n) is 12.5. The van der Waals surface area contributed by atoms with Gasteiger partial charge in [-0.1, -0.05) is 60.2 Å². The lowest BCUT2D eigenvalue weighted by molar-refractivity contribution is 0.475. The van der Waals surface area contributed by atoms with E-state index in [1.807, 2.05) is 24.3 Å². The van der Waals surface area contributed by atoms with Crippen molar-refractivity contribution in [3.05, 3.63) is 101 Å². The Morgan fingerprint density at radius 3 is 2.39 bits per heavy atom. The van der Waals surface area contributed by atoms with Crippen LogP contribution in [0.1, 0.15) is 34.4 Å². The summed E-state index contributed by atoms with van der Waals surface area (Å²) < 4.78 is 0. The second-order valence-electron chi connectivity index (χ2n) is 9.84. The van der Waals surface area contributed by atoms with Crippen molar-refractivity contribution in [1.82, 2.24) is 4.98 Å². The van der Waals surface area contributed by atoms with Crippen molar-refractivity contribution in [3.8, 4) is 44.9 Å². The van der Waals surface area contributed by atoms with Crippen LogP contribution in [-0.2, 0) is 6.42 Å². The SMILES string of the molecule is Cc1ccc(O)c(-c2c(-c3ccccc3)c(C)c(-c3cc(O)ccc3C)c3c4c([nH]c23)CCC=C4)c1. The van der Waals surface area contributed by atoms with Crippen molar-refractivity contribution in [2.24, 2.45) is 0 Å². The van der Waals surface area contributed by atoms with Gasteiger partial charge in [-0.05, 0) is 91.3 Å². The Labute approximate surface area is 211 Å². The average Bonchev–Trinajstić information content (AvgIpc) is 3.26. The van der Waals surface area contributed by atoms with Crippen molar-refractivity contribution in [2.45, 2.75) is 33.6 Å². The van der Waals surface area contributed by atoms with Gasteiger partial charge < -0.3 is 15.2 Å². The lowest BCUT2D eigenvalue weighted by atomic mass is 9.81. The second-order valence-corrected chi connectivity index (χ2v) is 9.84. The minimum absolute atomic E-state index is 0.254. The van der Waals surface area contributed by atoms with Gasteiger partial charge in [-0.15, -0.1) is 0 Å². The van der Waals surface area contributed by atoms with E-state index in [1.165, 1.54) is 11.3 Å². The van der Waals surface area contributed by atoms with E-state index < -0.39 is 0 Å². The molecule has 5 aromatic rings. The lowest BCUT2D eigenvalue weighted by Crippen LogP contribution is -1.98. The molecule has 1 aliphatic rings. The van der Waals surface area contributed by atoms with Gasteiger partial charge in [0.2, 0.25) is 0 Å². The Bertz CT molecular complexity index is 1670. The maximum Gasteiger partial charge on any atom is 0.123 e. The topological polar surface area (TPSA) is 56.2 Å². The van der Waals surface area contributed by atoms with E-state index in [0.717, 1.165) is 73.8 Å². The molecule has 0 atom stereocenters. The first-order chi connectivity index (χ1) is 17.4. The highest BCUT2D eigenvalue weighted by molar-refractivity contribution is 6.15. The maximum atomic E-state index is 11.1. The second kappa shape index (κ2) is 8.46. The molecule has 178 valence electrons. The molecule has 3 nitrogen and oxygen atoms in total. The van der Waals surface area contributed by atoms with Crippen LogP contribution in [0.4, 0.5) is 0 Å². The zero-order valence-corrected chi connectivity index (χ0v) is 20.8. The van der Waals surface area contributed by atoms with Crippen LogP contribution in [0.15, 0.2) is 72.8 Å². The molecule has 1 heterocycles. The van der Waals surface area contributed by atoms with E-state index in [0.29, 0.717) is 0 Å². The molecule has 0 saturated heterocycles.